The van der Waals surface area contributed by atoms with Crippen molar-refractivity contribution >= 4 is 28.5 Å². The predicted octanol–water partition coefficient (Wildman–Crippen LogP) is 1.11. The molecule has 1 aliphatic rings. The summed E-state index contributed by atoms with van der Waals surface area (Å²) >= 11 is 0. The van der Waals surface area contributed by atoms with E-state index in [2.05, 4.69) is 4.98 Å². The first kappa shape index (κ1) is 22.2. The van der Waals surface area contributed by atoms with E-state index in [0.717, 1.165) is 28.0 Å². The number of nitrogens with zero attached hydrogens (tertiary/aromatic N) is 1. The summed E-state index contributed by atoms with van der Waals surface area (Å²) in [5.74, 6) is -2.85. The summed E-state index contributed by atoms with van der Waals surface area (Å²) in [6.07, 6.45) is -3.49. The van der Waals surface area contributed by atoms with Crippen molar-refractivity contribution in [2.45, 2.75) is 31.6 Å². The Balaban J connectivity index is 1.79. The lowest BCUT2D eigenvalue weighted by Gasteiger charge is -2.29. The van der Waals surface area contributed by atoms with Gasteiger partial charge in [-0.25, -0.2) is 4.79 Å². The Kier molecular flexibility index (Phi) is 5.06. The van der Waals surface area contributed by atoms with Crippen molar-refractivity contribution in [2.24, 2.45) is 0 Å². The number of H-pyrrole nitrogens is 2. The van der Waals surface area contributed by atoms with Gasteiger partial charge in [0.1, 0.15) is 17.1 Å². The maximum atomic E-state index is 14.0. The minimum Gasteiger partial charge on any atom is -0.497 e. The standard InChI is InChI=1S/C20H18F3N5O5/c1-9(29)27-19(20(21,22)23)14-15(25-17(19)31)28(18(32)26-16(14)30)6-5-10-8-24-13-7-11(33-2)3-4-12(10)13/h3-4,7-8,24H,5-6H2,1-2H3,(H,25,31)(H,27,29)(H,26,30,32). The number of benzene rings is 1. The van der Waals surface area contributed by atoms with Crippen LogP contribution in [0.1, 0.15) is 18.1 Å². The molecule has 3 heterocycles. The fraction of sp³-hybridized carbons (Fsp3) is 0.300. The number of methoxy groups -OCH3 is 1. The van der Waals surface area contributed by atoms with Gasteiger partial charge in [-0.2, -0.15) is 13.2 Å². The fourth-order valence-electron chi connectivity index (χ4n) is 4.03. The van der Waals surface area contributed by atoms with Crippen LogP contribution in [-0.2, 0) is 28.1 Å². The molecule has 4 N–H and O–H groups in total. The molecule has 2 amide bonds. The summed E-state index contributed by atoms with van der Waals surface area (Å²) in [6, 6.07) is 5.27. The van der Waals surface area contributed by atoms with Gasteiger partial charge in [0.05, 0.1) is 7.11 Å². The van der Waals surface area contributed by atoms with Crippen molar-refractivity contribution in [3.8, 4) is 5.75 Å². The van der Waals surface area contributed by atoms with E-state index in [1.165, 1.54) is 7.11 Å². The molecule has 3 aromatic rings. The van der Waals surface area contributed by atoms with Gasteiger partial charge in [0.25, 0.3) is 11.5 Å². The second-order valence-corrected chi connectivity index (χ2v) is 7.49. The van der Waals surface area contributed by atoms with Gasteiger partial charge < -0.3 is 20.4 Å². The van der Waals surface area contributed by atoms with Crippen LogP contribution in [0.4, 0.5) is 19.0 Å². The first-order valence-corrected chi connectivity index (χ1v) is 9.68. The molecular formula is C20H18F3N5O5. The number of carbonyl (C=O) groups excluding carboxylic acids is 2. The maximum absolute atomic E-state index is 14.0. The SMILES string of the molecule is COc1ccc2c(CCn3c4c(c(=O)[nH]c3=O)C(NC(C)=O)(C(F)(F)F)C(=O)N4)c[nH]c2c1. The second kappa shape index (κ2) is 7.53. The Hall–Kier alpha value is -4.03. The van der Waals surface area contributed by atoms with Gasteiger partial charge >= 0.3 is 11.9 Å². The fourth-order valence-corrected chi connectivity index (χ4v) is 4.03. The maximum Gasteiger partial charge on any atom is 0.425 e. The number of amides is 2. The summed E-state index contributed by atoms with van der Waals surface area (Å²) in [4.78, 5) is 53.8. The Morgan fingerprint density at radius 1 is 1.24 bits per heavy atom. The van der Waals surface area contributed by atoms with Crippen LogP contribution >= 0.6 is 0 Å². The number of aromatic nitrogens is 3. The molecule has 1 aliphatic heterocycles. The molecule has 0 fully saturated rings. The number of ether oxygens (including phenoxy) is 1. The number of aryl methyl sites for hydroxylation is 1. The zero-order chi connectivity index (χ0) is 24.1. The monoisotopic (exact) mass is 465 g/mol. The largest absolute Gasteiger partial charge is 0.497 e. The van der Waals surface area contributed by atoms with Gasteiger partial charge in [-0.1, -0.05) is 0 Å². The highest BCUT2D eigenvalue weighted by molar-refractivity contribution is 6.07. The average molecular weight is 465 g/mol. The van der Waals surface area contributed by atoms with E-state index in [9.17, 15) is 32.3 Å². The molecule has 1 atom stereocenters. The molecule has 0 radical (unpaired) electrons. The number of fused-ring (bicyclic) bond motifs is 2. The van der Waals surface area contributed by atoms with Crippen LogP contribution in [0.5, 0.6) is 5.75 Å². The summed E-state index contributed by atoms with van der Waals surface area (Å²) in [6.45, 7) is 0.625. The third kappa shape index (κ3) is 3.36. The van der Waals surface area contributed by atoms with E-state index in [1.807, 2.05) is 10.3 Å². The third-order valence-electron chi connectivity index (χ3n) is 5.52. The van der Waals surface area contributed by atoms with Gasteiger partial charge in [-0.05, 0) is 24.1 Å². The van der Waals surface area contributed by atoms with Crippen LogP contribution in [0, 0.1) is 0 Å². The predicted molar refractivity (Wildman–Crippen MR) is 110 cm³/mol. The number of alkyl halides is 3. The smallest absolute Gasteiger partial charge is 0.425 e. The molecule has 0 saturated carbocycles. The molecule has 0 aliphatic carbocycles. The van der Waals surface area contributed by atoms with Crippen molar-refractivity contribution < 1.29 is 27.5 Å². The zero-order valence-corrected chi connectivity index (χ0v) is 17.3. The van der Waals surface area contributed by atoms with Crippen LogP contribution in [0.3, 0.4) is 0 Å². The van der Waals surface area contributed by atoms with E-state index in [1.54, 1.807) is 29.7 Å². The molecule has 1 unspecified atom stereocenters. The quantitative estimate of drug-likeness (QED) is 0.447. The zero-order valence-electron chi connectivity index (χ0n) is 17.3. The molecule has 0 bridgehead atoms. The highest BCUT2D eigenvalue weighted by Crippen LogP contribution is 2.44. The topological polar surface area (TPSA) is 138 Å². The molecule has 0 spiro atoms. The van der Waals surface area contributed by atoms with Crippen LogP contribution in [0.2, 0.25) is 0 Å². The van der Waals surface area contributed by atoms with Crippen molar-refractivity contribution in [3.05, 3.63) is 56.4 Å². The number of aromatic amines is 2. The third-order valence-corrected chi connectivity index (χ3v) is 5.52. The molecule has 10 nitrogen and oxygen atoms in total. The summed E-state index contributed by atoms with van der Waals surface area (Å²) in [7, 11) is 1.52. The molecule has 0 saturated heterocycles. The lowest BCUT2D eigenvalue weighted by Crippen LogP contribution is -2.61. The summed E-state index contributed by atoms with van der Waals surface area (Å²) < 4.78 is 48.1. The summed E-state index contributed by atoms with van der Waals surface area (Å²) in [5.41, 5.74) is -5.63. The van der Waals surface area contributed by atoms with E-state index >= 15 is 0 Å². The van der Waals surface area contributed by atoms with Gasteiger partial charge in [0.15, 0.2) is 0 Å². The lowest BCUT2D eigenvalue weighted by atomic mass is 9.92. The lowest BCUT2D eigenvalue weighted by molar-refractivity contribution is -0.200. The number of rotatable bonds is 5. The Labute approximate surface area is 182 Å². The van der Waals surface area contributed by atoms with Crippen molar-refractivity contribution in [1.29, 1.82) is 0 Å². The minimum absolute atomic E-state index is 0.161. The van der Waals surface area contributed by atoms with Gasteiger partial charge in [0, 0.05) is 36.6 Å². The molecule has 33 heavy (non-hydrogen) atoms. The van der Waals surface area contributed by atoms with Crippen molar-refractivity contribution in [1.82, 2.24) is 19.9 Å². The Morgan fingerprint density at radius 2 is 1.97 bits per heavy atom. The highest BCUT2D eigenvalue weighted by Gasteiger charge is 2.68. The van der Waals surface area contributed by atoms with E-state index in [4.69, 9.17) is 4.74 Å². The number of anilines is 1. The first-order valence-electron chi connectivity index (χ1n) is 9.68. The summed E-state index contributed by atoms with van der Waals surface area (Å²) in [5, 5.41) is 4.35. The molecule has 4 rings (SSSR count). The van der Waals surface area contributed by atoms with E-state index < -0.39 is 46.2 Å². The number of hydrogen-bond donors (Lipinski definition) is 4. The Bertz CT molecular complexity index is 1400. The van der Waals surface area contributed by atoms with E-state index in [-0.39, 0.29) is 13.0 Å². The normalized spacial score (nSPS) is 17.7. The van der Waals surface area contributed by atoms with Crippen LogP contribution in [-0.4, -0.2) is 39.6 Å². The van der Waals surface area contributed by atoms with Crippen molar-refractivity contribution in [2.75, 3.05) is 12.4 Å². The molecule has 13 heteroatoms. The van der Waals surface area contributed by atoms with Crippen LogP contribution in [0.15, 0.2) is 34.0 Å². The molecular weight excluding hydrogens is 447 g/mol. The second-order valence-electron chi connectivity index (χ2n) is 7.49. The van der Waals surface area contributed by atoms with Crippen LogP contribution < -0.4 is 26.6 Å². The first-order chi connectivity index (χ1) is 15.5. The van der Waals surface area contributed by atoms with Gasteiger partial charge in [-0.3, -0.25) is 23.9 Å². The number of nitrogens with one attached hydrogen (secondary N) is 4. The average Bonchev–Trinajstić information content (AvgIpc) is 3.26. The van der Waals surface area contributed by atoms with Gasteiger partial charge in [0.2, 0.25) is 11.4 Å². The van der Waals surface area contributed by atoms with Gasteiger partial charge in [-0.15, -0.1) is 0 Å². The minimum atomic E-state index is -5.35. The van der Waals surface area contributed by atoms with Crippen LogP contribution in [0.25, 0.3) is 10.9 Å². The van der Waals surface area contributed by atoms with E-state index in [0.29, 0.717) is 5.75 Å². The Morgan fingerprint density at radius 3 is 2.61 bits per heavy atom. The molecule has 174 valence electrons. The number of carbonyl (C=O) groups is 2. The number of halogens is 3. The number of hydrogen-bond acceptors (Lipinski definition) is 5. The highest BCUT2D eigenvalue weighted by atomic mass is 19.4. The molecule has 2 aromatic heterocycles. The molecule has 1 aromatic carbocycles. The van der Waals surface area contributed by atoms with Crippen molar-refractivity contribution in [3.63, 3.8) is 0 Å².